The first kappa shape index (κ1) is 36.5. The minimum atomic E-state index is 0.356. The van der Waals surface area contributed by atoms with Gasteiger partial charge in [0.2, 0.25) is 0 Å². The van der Waals surface area contributed by atoms with Crippen molar-refractivity contribution in [1.29, 1.82) is 0 Å². The summed E-state index contributed by atoms with van der Waals surface area (Å²) in [7, 11) is 0. The van der Waals surface area contributed by atoms with Gasteiger partial charge in [0.15, 0.2) is 0 Å². The molecule has 0 N–H and O–H groups in total. The van der Waals surface area contributed by atoms with Crippen molar-refractivity contribution in [2.75, 3.05) is 9.80 Å². The topological polar surface area (TPSA) is 6.48 Å². The van der Waals surface area contributed by atoms with Gasteiger partial charge in [-0.1, -0.05) is 156 Å². The van der Waals surface area contributed by atoms with Gasteiger partial charge in [-0.25, -0.2) is 0 Å². The Morgan fingerprint density at radius 2 is 0.947 bits per heavy atom. The summed E-state index contributed by atoms with van der Waals surface area (Å²) in [4.78, 5) is 4.79. The normalized spacial score (nSPS) is 16.1. The quantitative estimate of drug-likeness (QED) is 0.138. The van der Waals surface area contributed by atoms with E-state index in [1.807, 2.05) is 0 Å². The van der Waals surface area contributed by atoms with Crippen LogP contribution in [0.15, 0.2) is 188 Å². The van der Waals surface area contributed by atoms with Crippen LogP contribution in [0.25, 0.3) is 32.7 Å². The van der Waals surface area contributed by atoms with E-state index in [0.717, 1.165) is 46.7 Å². The molecule has 2 nitrogen and oxygen atoms in total. The average molecular weight is 741 g/mol. The maximum absolute atomic E-state index is 2.47. The van der Waals surface area contributed by atoms with Crippen LogP contribution in [0.5, 0.6) is 0 Å². The molecule has 0 aliphatic heterocycles. The van der Waals surface area contributed by atoms with Gasteiger partial charge in [-0.05, 0) is 135 Å². The standard InChI is InChI=1S/C55H52N2/c1-54(2,3)38-52-51(55(52,4)5)36-39-22-27-47(28-23-39)57(53-21-13-19-43-17-11-12-20-50(43)53)48-34-32-46(33-35-48)56(49-31-26-41-16-9-10-18-44(41)37-49)45-29-24-42(25-30-45)40-14-7-6-8-15-40/h6-35,37,51-52H,36,38H2,1-5H3. The molecule has 0 heterocycles. The zero-order valence-corrected chi connectivity index (χ0v) is 33.9. The third-order valence-corrected chi connectivity index (χ3v) is 12.4. The van der Waals surface area contributed by atoms with Crippen LogP contribution in [0.4, 0.5) is 34.1 Å². The number of anilines is 6. The molecule has 1 fully saturated rings. The van der Waals surface area contributed by atoms with Gasteiger partial charge >= 0.3 is 0 Å². The summed E-state index contributed by atoms with van der Waals surface area (Å²) in [6.07, 6.45) is 2.42. The van der Waals surface area contributed by atoms with Crippen LogP contribution in [-0.2, 0) is 6.42 Å². The number of rotatable bonds is 10. The molecule has 8 aromatic rings. The molecular formula is C55H52N2. The molecule has 2 atom stereocenters. The van der Waals surface area contributed by atoms with Crippen LogP contribution >= 0.6 is 0 Å². The SMILES string of the molecule is CC(C)(C)CC1C(Cc2ccc(N(c3ccc(N(c4ccc(-c5ccccc5)cc4)c4ccc5ccccc5c4)cc3)c3cccc4ccccc34)cc2)C1(C)C. The highest BCUT2D eigenvalue weighted by Crippen LogP contribution is 2.63. The maximum Gasteiger partial charge on any atom is 0.0540 e. The van der Waals surface area contributed by atoms with Gasteiger partial charge in [0.1, 0.15) is 0 Å². The van der Waals surface area contributed by atoms with Crippen molar-refractivity contribution in [3.05, 3.63) is 194 Å². The molecule has 1 aliphatic carbocycles. The monoisotopic (exact) mass is 740 g/mol. The second-order valence-electron chi connectivity index (χ2n) is 17.8. The molecular weight excluding hydrogens is 689 g/mol. The molecule has 2 heteroatoms. The minimum absolute atomic E-state index is 0.356. The van der Waals surface area contributed by atoms with E-state index in [9.17, 15) is 0 Å². The first-order valence-electron chi connectivity index (χ1n) is 20.5. The van der Waals surface area contributed by atoms with Gasteiger partial charge in [-0.2, -0.15) is 0 Å². The van der Waals surface area contributed by atoms with E-state index in [-0.39, 0.29) is 0 Å². The first-order valence-corrected chi connectivity index (χ1v) is 20.5. The van der Waals surface area contributed by atoms with Crippen LogP contribution in [0.3, 0.4) is 0 Å². The van der Waals surface area contributed by atoms with E-state index in [2.05, 4.69) is 232 Å². The van der Waals surface area contributed by atoms with Crippen LogP contribution in [0, 0.1) is 22.7 Å². The van der Waals surface area contributed by atoms with Gasteiger partial charge in [-0.3, -0.25) is 0 Å². The van der Waals surface area contributed by atoms with Gasteiger partial charge in [-0.15, -0.1) is 0 Å². The molecule has 0 amide bonds. The minimum Gasteiger partial charge on any atom is -0.310 e. The predicted molar refractivity (Wildman–Crippen MR) is 245 cm³/mol. The molecule has 1 aliphatic rings. The Bertz CT molecular complexity index is 2630. The highest BCUT2D eigenvalue weighted by molar-refractivity contribution is 5.99. The van der Waals surface area contributed by atoms with Crippen molar-refractivity contribution in [3.8, 4) is 11.1 Å². The van der Waals surface area contributed by atoms with E-state index in [0.29, 0.717) is 10.8 Å². The zero-order chi connectivity index (χ0) is 39.1. The van der Waals surface area contributed by atoms with Gasteiger partial charge < -0.3 is 9.80 Å². The average Bonchev–Trinajstić information content (AvgIpc) is 3.73. The number of fused-ring (bicyclic) bond motifs is 2. The summed E-state index contributed by atoms with van der Waals surface area (Å²) < 4.78 is 0. The summed E-state index contributed by atoms with van der Waals surface area (Å²) in [6.45, 7) is 12.1. The van der Waals surface area contributed by atoms with E-state index in [4.69, 9.17) is 0 Å². The largest absolute Gasteiger partial charge is 0.310 e. The number of benzene rings is 8. The molecule has 0 aromatic heterocycles. The molecule has 57 heavy (non-hydrogen) atoms. The van der Waals surface area contributed by atoms with Crippen LogP contribution < -0.4 is 9.80 Å². The van der Waals surface area contributed by atoms with Crippen LogP contribution in [0.2, 0.25) is 0 Å². The second kappa shape index (κ2) is 14.8. The molecule has 9 rings (SSSR count). The van der Waals surface area contributed by atoms with Crippen molar-refractivity contribution in [1.82, 2.24) is 0 Å². The van der Waals surface area contributed by atoms with Crippen molar-refractivity contribution < 1.29 is 0 Å². The molecule has 0 radical (unpaired) electrons. The molecule has 282 valence electrons. The number of hydrogen-bond acceptors (Lipinski definition) is 2. The van der Waals surface area contributed by atoms with Crippen molar-refractivity contribution in [2.45, 2.75) is 47.5 Å². The van der Waals surface area contributed by atoms with Gasteiger partial charge in [0.05, 0.1) is 5.69 Å². The van der Waals surface area contributed by atoms with Crippen molar-refractivity contribution in [2.24, 2.45) is 22.7 Å². The van der Waals surface area contributed by atoms with Crippen LogP contribution in [0.1, 0.15) is 46.6 Å². The molecule has 1 saturated carbocycles. The van der Waals surface area contributed by atoms with E-state index >= 15 is 0 Å². The Balaban J connectivity index is 1.09. The molecule has 0 bridgehead atoms. The smallest absolute Gasteiger partial charge is 0.0540 e. The fourth-order valence-corrected chi connectivity index (χ4v) is 9.14. The molecule has 8 aromatic carbocycles. The lowest BCUT2D eigenvalue weighted by atomic mass is 9.87. The molecule has 0 spiro atoms. The summed E-state index contributed by atoms with van der Waals surface area (Å²) in [6, 6.07) is 68.7. The van der Waals surface area contributed by atoms with E-state index in [1.165, 1.54) is 50.3 Å². The Labute approximate surface area is 339 Å². The lowest BCUT2D eigenvalue weighted by Crippen LogP contribution is -2.12. The predicted octanol–water partition coefficient (Wildman–Crippen LogP) is 15.9. The van der Waals surface area contributed by atoms with Crippen molar-refractivity contribution in [3.63, 3.8) is 0 Å². The lowest BCUT2D eigenvalue weighted by Gasteiger charge is -2.29. The molecule has 2 unspecified atom stereocenters. The Morgan fingerprint density at radius 3 is 1.61 bits per heavy atom. The highest BCUT2D eigenvalue weighted by atomic mass is 15.2. The van der Waals surface area contributed by atoms with Gasteiger partial charge in [0.25, 0.3) is 0 Å². The Morgan fingerprint density at radius 1 is 0.439 bits per heavy atom. The lowest BCUT2D eigenvalue weighted by molar-refractivity contribution is 0.326. The Kier molecular flexibility index (Phi) is 9.45. The number of hydrogen-bond donors (Lipinski definition) is 0. The molecule has 0 saturated heterocycles. The summed E-state index contributed by atoms with van der Waals surface area (Å²) in [5.74, 6) is 1.50. The summed E-state index contributed by atoms with van der Waals surface area (Å²) in [5.41, 5.74) is 11.4. The summed E-state index contributed by atoms with van der Waals surface area (Å²) in [5, 5.41) is 4.92. The fourth-order valence-electron chi connectivity index (χ4n) is 9.14. The Hall–Kier alpha value is -6.12. The first-order chi connectivity index (χ1) is 27.6. The third-order valence-electron chi connectivity index (χ3n) is 12.4. The second-order valence-corrected chi connectivity index (χ2v) is 17.8. The van der Waals surface area contributed by atoms with Crippen LogP contribution in [-0.4, -0.2) is 0 Å². The third kappa shape index (κ3) is 7.45. The maximum atomic E-state index is 2.47. The zero-order valence-electron chi connectivity index (χ0n) is 33.9. The fraction of sp³-hybridized carbons (Fsp3) is 0.200. The highest BCUT2D eigenvalue weighted by Gasteiger charge is 2.57. The van der Waals surface area contributed by atoms with E-state index < -0.39 is 0 Å². The number of nitrogens with zero attached hydrogens (tertiary/aromatic N) is 2. The van der Waals surface area contributed by atoms with Gasteiger partial charge in [0, 0.05) is 33.8 Å². The van der Waals surface area contributed by atoms with E-state index in [1.54, 1.807) is 0 Å². The summed E-state index contributed by atoms with van der Waals surface area (Å²) >= 11 is 0. The van der Waals surface area contributed by atoms with Crippen molar-refractivity contribution >= 4 is 55.7 Å².